The summed E-state index contributed by atoms with van der Waals surface area (Å²) in [4.78, 5) is 21.8. The monoisotopic (exact) mass is 303 g/mol. The van der Waals surface area contributed by atoms with Gasteiger partial charge in [0.1, 0.15) is 11.3 Å². The zero-order chi connectivity index (χ0) is 16.5. The summed E-state index contributed by atoms with van der Waals surface area (Å²) < 4.78 is 8.92. The van der Waals surface area contributed by atoms with Crippen molar-refractivity contribution in [3.8, 4) is 5.75 Å². The van der Waals surface area contributed by atoms with Gasteiger partial charge in [-0.25, -0.2) is 9.59 Å². The minimum Gasteiger partial charge on any atom is -0.507 e. The summed E-state index contributed by atoms with van der Waals surface area (Å²) in [7, 11) is 2.60. The largest absolute Gasteiger partial charge is 0.507 e. The number of nitrogens with two attached hydrogens (primary N) is 1. The Bertz CT molecular complexity index is 597. The molecule has 0 spiro atoms. The first-order valence-corrected chi connectivity index (χ1v) is 6.30. The van der Waals surface area contributed by atoms with E-state index in [1.165, 1.54) is 26.4 Å². The van der Waals surface area contributed by atoms with Gasteiger partial charge in [0, 0.05) is 5.69 Å². The predicted molar refractivity (Wildman–Crippen MR) is 81.6 cm³/mol. The van der Waals surface area contributed by atoms with Crippen LogP contribution in [0.1, 0.15) is 20.7 Å². The minimum atomic E-state index is -0.525. The number of esters is 2. The van der Waals surface area contributed by atoms with E-state index >= 15 is 0 Å². The van der Waals surface area contributed by atoms with Crippen LogP contribution in [-0.2, 0) is 9.47 Å². The number of nitrogen functional groups attached to an aromatic ring is 1. The summed E-state index contributed by atoms with van der Waals surface area (Å²) in [5.74, 6) is -0.981. The summed E-state index contributed by atoms with van der Waals surface area (Å²) in [5.41, 5.74) is 6.54. The van der Waals surface area contributed by atoms with Crippen LogP contribution < -0.4 is 5.73 Å². The molecule has 6 nitrogen and oxygen atoms in total. The van der Waals surface area contributed by atoms with Crippen LogP contribution in [0.25, 0.3) is 0 Å². The Morgan fingerprint density at radius 2 is 1.32 bits per heavy atom. The van der Waals surface area contributed by atoms with Gasteiger partial charge in [-0.3, -0.25) is 0 Å². The summed E-state index contributed by atoms with van der Waals surface area (Å²) in [6, 6.07) is 13.0. The van der Waals surface area contributed by atoms with Crippen molar-refractivity contribution in [3.05, 3.63) is 59.7 Å². The number of benzene rings is 2. The number of rotatable bonds is 2. The Kier molecular flexibility index (Phi) is 6.43. The molecule has 0 aromatic heterocycles. The van der Waals surface area contributed by atoms with Crippen LogP contribution in [0.3, 0.4) is 0 Å². The minimum absolute atomic E-state index is 0.0562. The van der Waals surface area contributed by atoms with Gasteiger partial charge >= 0.3 is 11.9 Å². The van der Waals surface area contributed by atoms with Gasteiger partial charge in [0.25, 0.3) is 0 Å². The third kappa shape index (κ3) is 4.52. The zero-order valence-corrected chi connectivity index (χ0v) is 12.3. The van der Waals surface area contributed by atoms with Crippen molar-refractivity contribution in [2.24, 2.45) is 0 Å². The van der Waals surface area contributed by atoms with E-state index < -0.39 is 11.9 Å². The second-order valence-corrected chi connectivity index (χ2v) is 4.09. The molecule has 2 aromatic rings. The molecule has 116 valence electrons. The second-order valence-electron chi connectivity index (χ2n) is 4.09. The van der Waals surface area contributed by atoms with Crippen molar-refractivity contribution < 1.29 is 24.2 Å². The molecule has 0 fully saturated rings. The number of hydrogen-bond donors (Lipinski definition) is 2. The van der Waals surface area contributed by atoms with Gasteiger partial charge in [-0.2, -0.15) is 0 Å². The maximum atomic E-state index is 10.9. The van der Waals surface area contributed by atoms with Crippen molar-refractivity contribution >= 4 is 17.6 Å². The molecule has 0 aliphatic heterocycles. The highest BCUT2D eigenvalue weighted by Crippen LogP contribution is 2.15. The number of phenols is 1. The lowest BCUT2D eigenvalue weighted by Crippen LogP contribution is -2.04. The number of carbonyl (C=O) groups excluding carboxylic acids is 2. The van der Waals surface area contributed by atoms with Crippen molar-refractivity contribution in [1.82, 2.24) is 0 Å². The molecule has 3 N–H and O–H groups in total. The number of ether oxygens (including phenoxy) is 2. The van der Waals surface area contributed by atoms with E-state index in [2.05, 4.69) is 9.47 Å². The highest BCUT2D eigenvalue weighted by atomic mass is 16.5. The van der Waals surface area contributed by atoms with E-state index in [0.29, 0.717) is 11.3 Å². The van der Waals surface area contributed by atoms with E-state index in [4.69, 9.17) is 10.8 Å². The molecule has 22 heavy (non-hydrogen) atoms. The molecule has 0 heterocycles. The van der Waals surface area contributed by atoms with Crippen molar-refractivity contribution in [3.63, 3.8) is 0 Å². The third-order valence-corrected chi connectivity index (χ3v) is 2.68. The number of methoxy groups -OCH3 is 2. The summed E-state index contributed by atoms with van der Waals surface area (Å²) >= 11 is 0. The molecule has 0 bridgehead atoms. The fourth-order valence-electron chi connectivity index (χ4n) is 1.55. The van der Waals surface area contributed by atoms with Crippen LogP contribution in [0.15, 0.2) is 48.5 Å². The molecule has 0 aliphatic rings. The van der Waals surface area contributed by atoms with Crippen LogP contribution in [0.5, 0.6) is 5.75 Å². The Morgan fingerprint density at radius 1 is 0.864 bits per heavy atom. The summed E-state index contributed by atoms with van der Waals surface area (Å²) in [5, 5.41) is 9.11. The third-order valence-electron chi connectivity index (χ3n) is 2.68. The van der Waals surface area contributed by atoms with Crippen LogP contribution >= 0.6 is 0 Å². The molecule has 0 radical (unpaired) electrons. The molecular weight excluding hydrogens is 286 g/mol. The van der Waals surface area contributed by atoms with Crippen molar-refractivity contribution in [1.29, 1.82) is 0 Å². The topological polar surface area (TPSA) is 98.9 Å². The molecular formula is C16H17NO5. The zero-order valence-electron chi connectivity index (χ0n) is 12.3. The lowest BCUT2D eigenvalue weighted by atomic mass is 10.2. The first-order valence-electron chi connectivity index (χ1n) is 6.30. The van der Waals surface area contributed by atoms with Crippen LogP contribution in [0.2, 0.25) is 0 Å². The number of phenolic OH excluding ortho intramolecular Hbond substituents is 1. The Morgan fingerprint density at radius 3 is 1.82 bits per heavy atom. The fraction of sp³-hybridized carbons (Fsp3) is 0.125. The van der Waals surface area contributed by atoms with E-state index in [0.717, 1.165) is 0 Å². The number of aromatic hydroxyl groups is 1. The highest BCUT2D eigenvalue weighted by Gasteiger charge is 2.08. The fourth-order valence-corrected chi connectivity index (χ4v) is 1.55. The molecule has 0 saturated heterocycles. The van der Waals surface area contributed by atoms with Crippen LogP contribution in [-0.4, -0.2) is 31.3 Å². The molecule has 0 aliphatic carbocycles. The summed E-state index contributed by atoms with van der Waals surface area (Å²) in [6.07, 6.45) is 0. The molecule has 2 aromatic carbocycles. The summed E-state index contributed by atoms with van der Waals surface area (Å²) in [6.45, 7) is 0. The lowest BCUT2D eigenvalue weighted by Gasteiger charge is -2.00. The molecule has 0 atom stereocenters. The average Bonchev–Trinajstić information content (AvgIpc) is 2.55. The number of hydrogen-bond acceptors (Lipinski definition) is 6. The van der Waals surface area contributed by atoms with E-state index in [9.17, 15) is 9.59 Å². The number of anilines is 1. The smallest absolute Gasteiger partial charge is 0.341 e. The van der Waals surface area contributed by atoms with Gasteiger partial charge in [0.05, 0.1) is 19.8 Å². The van der Waals surface area contributed by atoms with Crippen LogP contribution in [0.4, 0.5) is 5.69 Å². The van der Waals surface area contributed by atoms with Gasteiger partial charge in [-0.15, -0.1) is 0 Å². The predicted octanol–water partition coefficient (Wildman–Crippen LogP) is 2.23. The molecule has 0 amide bonds. The Labute approximate surface area is 128 Å². The first-order chi connectivity index (χ1) is 10.5. The number of para-hydroxylation sites is 2. The van der Waals surface area contributed by atoms with Gasteiger partial charge in [0.15, 0.2) is 0 Å². The SMILES string of the molecule is COC(=O)c1ccccc1N.COC(=O)c1ccccc1O. The molecule has 6 heteroatoms. The average molecular weight is 303 g/mol. The molecule has 2 rings (SSSR count). The normalized spacial score (nSPS) is 9.18. The van der Waals surface area contributed by atoms with E-state index in [1.807, 2.05) is 0 Å². The van der Waals surface area contributed by atoms with Gasteiger partial charge in [-0.1, -0.05) is 24.3 Å². The molecule has 0 saturated carbocycles. The van der Waals surface area contributed by atoms with E-state index in [1.54, 1.807) is 36.4 Å². The van der Waals surface area contributed by atoms with Gasteiger partial charge in [0.2, 0.25) is 0 Å². The lowest BCUT2D eigenvalue weighted by molar-refractivity contribution is 0.0590. The van der Waals surface area contributed by atoms with Crippen LogP contribution in [0, 0.1) is 0 Å². The standard InChI is InChI=1S/C8H9NO2.C8H8O3/c2*1-11-8(10)6-4-2-3-5-7(6)9/h2-5H,9H2,1H3;2-5,9H,1H3. The Hall–Kier alpha value is -3.02. The van der Waals surface area contributed by atoms with Crippen molar-refractivity contribution in [2.75, 3.05) is 20.0 Å². The van der Waals surface area contributed by atoms with Gasteiger partial charge < -0.3 is 20.3 Å². The maximum absolute atomic E-state index is 10.9. The quantitative estimate of drug-likeness (QED) is 0.652. The highest BCUT2D eigenvalue weighted by molar-refractivity contribution is 5.94. The number of carbonyl (C=O) groups is 2. The van der Waals surface area contributed by atoms with Crippen molar-refractivity contribution in [2.45, 2.75) is 0 Å². The first kappa shape index (κ1) is 17.0. The van der Waals surface area contributed by atoms with Gasteiger partial charge in [-0.05, 0) is 24.3 Å². The second kappa shape index (κ2) is 8.31. The molecule has 0 unspecified atom stereocenters. The maximum Gasteiger partial charge on any atom is 0.341 e. The Balaban J connectivity index is 0.000000220. The van der Waals surface area contributed by atoms with E-state index in [-0.39, 0.29) is 11.3 Å².